The number of nitrogens with zero attached hydrogens (tertiary/aromatic N) is 1. The van der Waals surface area contributed by atoms with Crippen molar-refractivity contribution in [2.75, 3.05) is 26.3 Å². The molecule has 0 saturated carbocycles. The molecule has 18 heavy (non-hydrogen) atoms. The molecular weight excluding hydrogens is 273 g/mol. The standard InChI is InChI=1S/C13H17Cl2NO2/c14-10-3-4-13(12(15)8-10)18-7-6-16-5-1-2-11(16)9-17/h3-4,8,11,17H,1-2,5-7,9H2. The third kappa shape index (κ3) is 3.51. The molecule has 0 bridgehead atoms. The number of likely N-dealkylation sites (tertiary alicyclic amines) is 1. The van der Waals surface area contributed by atoms with Gasteiger partial charge >= 0.3 is 0 Å². The van der Waals surface area contributed by atoms with Gasteiger partial charge < -0.3 is 9.84 Å². The maximum Gasteiger partial charge on any atom is 0.138 e. The van der Waals surface area contributed by atoms with E-state index in [0.29, 0.717) is 22.4 Å². The van der Waals surface area contributed by atoms with E-state index < -0.39 is 0 Å². The van der Waals surface area contributed by atoms with E-state index in [1.165, 1.54) is 0 Å². The van der Waals surface area contributed by atoms with Crippen LogP contribution in [0.1, 0.15) is 12.8 Å². The van der Waals surface area contributed by atoms with E-state index in [4.69, 9.17) is 27.9 Å². The van der Waals surface area contributed by atoms with Crippen molar-refractivity contribution in [3.05, 3.63) is 28.2 Å². The summed E-state index contributed by atoms with van der Waals surface area (Å²) in [6.07, 6.45) is 2.21. The van der Waals surface area contributed by atoms with Crippen molar-refractivity contribution in [3.63, 3.8) is 0 Å². The molecule has 1 fully saturated rings. The van der Waals surface area contributed by atoms with Crippen LogP contribution < -0.4 is 4.74 Å². The number of halogens is 2. The fourth-order valence-corrected chi connectivity index (χ4v) is 2.72. The molecule has 1 saturated heterocycles. The van der Waals surface area contributed by atoms with Crippen LogP contribution in [0.2, 0.25) is 10.0 Å². The van der Waals surface area contributed by atoms with Crippen molar-refractivity contribution < 1.29 is 9.84 Å². The van der Waals surface area contributed by atoms with Crippen LogP contribution in [0.5, 0.6) is 5.75 Å². The molecule has 5 heteroatoms. The topological polar surface area (TPSA) is 32.7 Å². The van der Waals surface area contributed by atoms with E-state index in [9.17, 15) is 5.11 Å². The van der Waals surface area contributed by atoms with Gasteiger partial charge in [0, 0.05) is 17.6 Å². The smallest absolute Gasteiger partial charge is 0.138 e. The fourth-order valence-electron chi connectivity index (χ4n) is 2.26. The molecule has 1 aromatic carbocycles. The van der Waals surface area contributed by atoms with E-state index in [-0.39, 0.29) is 12.6 Å². The van der Waals surface area contributed by atoms with Crippen molar-refractivity contribution in [2.45, 2.75) is 18.9 Å². The Bertz CT molecular complexity index is 401. The van der Waals surface area contributed by atoms with Crippen LogP contribution in [0.15, 0.2) is 18.2 Å². The summed E-state index contributed by atoms with van der Waals surface area (Å²) in [7, 11) is 0. The molecule has 3 nitrogen and oxygen atoms in total. The molecule has 1 N–H and O–H groups in total. The molecule has 1 aromatic rings. The monoisotopic (exact) mass is 289 g/mol. The molecule has 1 aliphatic heterocycles. The first kappa shape index (κ1) is 13.9. The van der Waals surface area contributed by atoms with Gasteiger partial charge in [-0.25, -0.2) is 0 Å². The van der Waals surface area contributed by atoms with Gasteiger partial charge in [-0.3, -0.25) is 4.90 Å². The summed E-state index contributed by atoms with van der Waals surface area (Å²) in [6.45, 7) is 2.63. The molecule has 0 aromatic heterocycles. The number of ether oxygens (including phenoxy) is 1. The number of rotatable bonds is 5. The minimum Gasteiger partial charge on any atom is -0.491 e. The Morgan fingerprint density at radius 1 is 1.39 bits per heavy atom. The number of hydrogen-bond acceptors (Lipinski definition) is 3. The zero-order valence-electron chi connectivity index (χ0n) is 10.1. The average Bonchev–Trinajstić information content (AvgIpc) is 2.79. The van der Waals surface area contributed by atoms with Crippen LogP contribution in [-0.4, -0.2) is 42.4 Å². The van der Waals surface area contributed by atoms with E-state index in [2.05, 4.69) is 4.90 Å². The zero-order valence-corrected chi connectivity index (χ0v) is 11.6. The average molecular weight is 290 g/mol. The molecule has 0 radical (unpaired) electrons. The lowest BCUT2D eigenvalue weighted by molar-refractivity contribution is 0.139. The molecule has 1 aliphatic rings. The van der Waals surface area contributed by atoms with Crippen LogP contribution in [-0.2, 0) is 0 Å². The summed E-state index contributed by atoms with van der Waals surface area (Å²) in [5, 5.41) is 10.3. The molecule has 1 heterocycles. The summed E-state index contributed by atoms with van der Waals surface area (Å²) in [5.74, 6) is 0.654. The summed E-state index contributed by atoms with van der Waals surface area (Å²) in [5.41, 5.74) is 0. The lowest BCUT2D eigenvalue weighted by atomic mass is 10.2. The molecule has 0 amide bonds. The van der Waals surface area contributed by atoms with Gasteiger partial charge in [0.15, 0.2) is 0 Å². The van der Waals surface area contributed by atoms with Crippen molar-refractivity contribution in [3.8, 4) is 5.75 Å². The van der Waals surface area contributed by atoms with Gasteiger partial charge in [0.2, 0.25) is 0 Å². The fraction of sp³-hybridized carbons (Fsp3) is 0.538. The van der Waals surface area contributed by atoms with Gasteiger partial charge in [0.25, 0.3) is 0 Å². The summed E-state index contributed by atoms with van der Waals surface area (Å²) in [4.78, 5) is 2.25. The van der Waals surface area contributed by atoms with Gasteiger partial charge in [-0.2, -0.15) is 0 Å². The summed E-state index contributed by atoms with van der Waals surface area (Å²) < 4.78 is 5.63. The van der Waals surface area contributed by atoms with Crippen molar-refractivity contribution in [1.29, 1.82) is 0 Å². The number of aliphatic hydroxyl groups excluding tert-OH is 1. The van der Waals surface area contributed by atoms with E-state index in [1.54, 1.807) is 18.2 Å². The van der Waals surface area contributed by atoms with Crippen molar-refractivity contribution in [1.82, 2.24) is 4.90 Å². The molecular formula is C13H17Cl2NO2. The van der Waals surface area contributed by atoms with E-state index in [0.717, 1.165) is 25.9 Å². The van der Waals surface area contributed by atoms with Gasteiger partial charge in [-0.1, -0.05) is 23.2 Å². The first-order valence-corrected chi connectivity index (χ1v) is 6.89. The van der Waals surface area contributed by atoms with E-state index >= 15 is 0 Å². The Hall–Kier alpha value is -0.480. The summed E-state index contributed by atoms with van der Waals surface area (Å²) >= 11 is 11.8. The third-order valence-electron chi connectivity index (χ3n) is 3.24. The molecule has 2 rings (SSSR count). The Kier molecular flexibility index (Phi) is 5.13. The maximum absolute atomic E-state index is 9.21. The first-order valence-electron chi connectivity index (χ1n) is 6.13. The highest BCUT2D eigenvalue weighted by atomic mass is 35.5. The Morgan fingerprint density at radius 3 is 2.94 bits per heavy atom. The highest BCUT2D eigenvalue weighted by molar-refractivity contribution is 6.35. The highest BCUT2D eigenvalue weighted by Crippen LogP contribution is 2.27. The molecule has 100 valence electrons. The minimum atomic E-state index is 0.224. The molecule has 0 aliphatic carbocycles. The predicted molar refractivity (Wildman–Crippen MR) is 73.6 cm³/mol. The second-order valence-corrected chi connectivity index (χ2v) is 5.28. The lowest BCUT2D eigenvalue weighted by Crippen LogP contribution is -2.35. The maximum atomic E-state index is 9.21. The zero-order chi connectivity index (χ0) is 13.0. The van der Waals surface area contributed by atoms with Gasteiger partial charge in [-0.05, 0) is 37.6 Å². The summed E-state index contributed by atoms with van der Waals surface area (Å²) in [6, 6.07) is 5.49. The quantitative estimate of drug-likeness (QED) is 0.905. The third-order valence-corrected chi connectivity index (χ3v) is 3.77. The predicted octanol–water partition coefficient (Wildman–Crippen LogP) is 2.83. The lowest BCUT2D eigenvalue weighted by Gasteiger charge is -2.22. The van der Waals surface area contributed by atoms with Gasteiger partial charge in [0.1, 0.15) is 12.4 Å². The van der Waals surface area contributed by atoms with Crippen LogP contribution >= 0.6 is 23.2 Å². The number of benzene rings is 1. The second kappa shape index (κ2) is 6.62. The molecule has 1 unspecified atom stereocenters. The number of aliphatic hydroxyl groups is 1. The first-order chi connectivity index (χ1) is 8.70. The van der Waals surface area contributed by atoms with Crippen molar-refractivity contribution in [2.24, 2.45) is 0 Å². The van der Waals surface area contributed by atoms with Crippen LogP contribution in [0.3, 0.4) is 0 Å². The highest BCUT2D eigenvalue weighted by Gasteiger charge is 2.23. The largest absolute Gasteiger partial charge is 0.491 e. The minimum absolute atomic E-state index is 0.224. The Balaban J connectivity index is 1.81. The van der Waals surface area contributed by atoms with Crippen LogP contribution in [0, 0.1) is 0 Å². The number of hydrogen-bond donors (Lipinski definition) is 1. The molecule has 1 atom stereocenters. The Labute approximate surface area is 117 Å². The normalized spacial score (nSPS) is 20.3. The van der Waals surface area contributed by atoms with Crippen LogP contribution in [0.25, 0.3) is 0 Å². The second-order valence-electron chi connectivity index (χ2n) is 4.44. The Morgan fingerprint density at radius 2 is 2.22 bits per heavy atom. The van der Waals surface area contributed by atoms with Crippen LogP contribution in [0.4, 0.5) is 0 Å². The molecule has 0 spiro atoms. The van der Waals surface area contributed by atoms with Gasteiger partial charge in [0.05, 0.1) is 11.6 Å². The SMILES string of the molecule is OCC1CCCN1CCOc1ccc(Cl)cc1Cl. The van der Waals surface area contributed by atoms with Crippen molar-refractivity contribution >= 4 is 23.2 Å². The van der Waals surface area contributed by atoms with E-state index in [1.807, 2.05) is 0 Å². The van der Waals surface area contributed by atoms with Gasteiger partial charge in [-0.15, -0.1) is 0 Å².